The van der Waals surface area contributed by atoms with E-state index in [0.717, 1.165) is 44.4 Å². The first-order chi connectivity index (χ1) is 21.2. The largest absolute Gasteiger partial charge is 0.298 e. The van der Waals surface area contributed by atoms with Crippen LogP contribution in [-0.4, -0.2) is 45.1 Å². The standard InChI is InChI=1S/C8H10.2C6H8N2.C5H7NS.C4H7N3.C4H7N2S.6CH4/c1-7-3-5-8(2)6-4-7;2*1-5-3-7-6(2)8-4-5;1-4-3-6-5(2)7-4;1-3-5-4(2)7-6-3;1-4-5-3-6(2)7-4;;;;;;/h3-6H,1-2H3;2*3-4H,1-2H3;3H,1-2H3;1-2H3,(H,5,6,7);3H,1-2H3;6*1H4/q;;;;;+1;;;;;;. The highest BCUT2D eigenvalue weighted by Gasteiger charge is 1.96. The fraction of sp³-hybridized carbons (Fsp3) is 0.462. The number of H-pyrrole nitrogens is 1. The number of hydrogen-bond donors (Lipinski definition) is 1. The van der Waals surface area contributed by atoms with E-state index in [0.29, 0.717) is 0 Å². The number of aromatic nitrogens is 10. The Morgan fingerprint density at radius 3 is 1.06 bits per heavy atom. The molecule has 0 saturated heterocycles. The van der Waals surface area contributed by atoms with Gasteiger partial charge in [-0.2, -0.15) is 9.06 Å². The first-order valence-electron chi connectivity index (χ1n) is 14.3. The highest BCUT2D eigenvalue weighted by Crippen LogP contribution is 2.07. The zero-order valence-electron chi connectivity index (χ0n) is 28.6. The van der Waals surface area contributed by atoms with Crippen LogP contribution in [0.4, 0.5) is 0 Å². The van der Waals surface area contributed by atoms with Gasteiger partial charge in [-0.15, -0.1) is 11.3 Å². The molecule has 0 bridgehead atoms. The Labute approximate surface area is 320 Å². The molecule has 12 heteroatoms. The number of nitrogens with zero attached hydrogens (tertiary/aromatic N) is 9. The third-order valence-electron chi connectivity index (χ3n) is 5.16. The predicted molar refractivity (Wildman–Crippen MR) is 225 cm³/mol. The lowest BCUT2D eigenvalue weighted by molar-refractivity contribution is -0.603. The van der Waals surface area contributed by atoms with Gasteiger partial charge >= 0.3 is 0 Å². The van der Waals surface area contributed by atoms with Crippen molar-refractivity contribution < 1.29 is 3.96 Å². The van der Waals surface area contributed by atoms with Crippen molar-refractivity contribution in [2.45, 2.75) is 121 Å². The molecule has 5 heterocycles. The number of hydrogen-bond acceptors (Lipinski definition) is 10. The van der Waals surface area contributed by atoms with Gasteiger partial charge in [0, 0.05) is 42.8 Å². The molecule has 0 fully saturated rings. The molecule has 0 aliphatic rings. The van der Waals surface area contributed by atoms with E-state index >= 15 is 0 Å². The van der Waals surface area contributed by atoms with E-state index < -0.39 is 0 Å². The Kier molecular flexibility index (Phi) is 38.0. The van der Waals surface area contributed by atoms with Crippen molar-refractivity contribution in [1.82, 2.24) is 45.1 Å². The summed E-state index contributed by atoms with van der Waals surface area (Å²) in [7, 11) is 1.98. The number of nitrogens with one attached hydrogen (secondary N) is 1. The first kappa shape index (κ1) is 58.9. The maximum Gasteiger partial charge on any atom is 0.298 e. The van der Waals surface area contributed by atoms with E-state index in [1.807, 2.05) is 97.4 Å². The van der Waals surface area contributed by atoms with Crippen LogP contribution in [-0.2, 0) is 7.05 Å². The van der Waals surface area contributed by atoms with Gasteiger partial charge in [0.05, 0.1) is 23.6 Å². The monoisotopic (exact) mass is 744 g/mol. The first-order valence-corrected chi connectivity index (χ1v) is 15.9. The fourth-order valence-electron chi connectivity index (χ4n) is 2.89. The van der Waals surface area contributed by atoms with Crippen LogP contribution in [0.25, 0.3) is 0 Å². The molecule has 5 aromatic heterocycles. The number of benzene rings is 1. The smallest absolute Gasteiger partial charge is 0.263 e. The van der Waals surface area contributed by atoms with Crippen LogP contribution in [0.2, 0.25) is 0 Å². The van der Waals surface area contributed by atoms with Gasteiger partial charge in [0.25, 0.3) is 6.33 Å². The van der Waals surface area contributed by atoms with Crippen LogP contribution < -0.4 is 3.96 Å². The number of aryl methyl sites for hydroxylation is 12. The highest BCUT2D eigenvalue weighted by atomic mass is 32.1. The molecule has 1 N–H and O–H groups in total. The molecule has 51 heavy (non-hydrogen) atoms. The molecule has 0 saturated carbocycles. The zero-order valence-corrected chi connectivity index (χ0v) is 30.2. The van der Waals surface area contributed by atoms with Gasteiger partial charge < -0.3 is 0 Å². The van der Waals surface area contributed by atoms with Gasteiger partial charge in [-0.3, -0.25) is 5.10 Å². The molecule has 0 radical (unpaired) electrons. The topological polar surface area (TPSA) is 123 Å². The molecule has 0 unspecified atom stereocenters. The molecule has 288 valence electrons. The summed E-state index contributed by atoms with van der Waals surface area (Å²) in [6.07, 6.45) is 10.9. The Balaban J connectivity index is -0.000000116. The van der Waals surface area contributed by atoms with Crippen LogP contribution in [0.5, 0.6) is 0 Å². The minimum absolute atomic E-state index is 0. The maximum atomic E-state index is 4.03. The number of rotatable bonds is 0. The van der Waals surface area contributed by atoms with E-state index in [4.69, 9.17) is 0 Å². The van der Waals surface area contributed by atoms with Gasteiger partial charge in [0.1, 0.15) is 23.3 Å². The molecule has 1 aromatic carbocycles. The summed E-state index contributed by atoms with van der Waals surface area (Å²) in [5.74, 6) is 3.33. The molecule has 10 nitrogen and oxygen atoms in total. The van der Waals surface area contributed by atoms with Crippen LogP contribution in [0.3, 0.4) is 0 Å². The molecule has 6 aromatic rings. The number of aromatic amines is 1. The second kappa shape index (κ2) is 32.9. The minimum Gasteiger partial charge on any atom is -0.263 e. The quantitative estimate of drug-likeness (QED) is 0.153. The summed E-state index contributed by atoms with van der Waals surface area (Å²) in [6.45, 7) is 21.7. The van der Waals surface area contributed by atoms with E-state index in [1.165, 1.54) is 16.0 Å². The fourth-order valence-corrected chi connectivity index (χ4v) is 4.17. The van der Waals surface area contributed by atoms with Crippen molar-refractivity contribution >= 4 is 22.9 Å². The molecule has 0 spiro atoms. The van der Waals surface area contributed by atoms with E-state index in [1.54, 1.807) is 29.2 Å². The average Bonchev–Trinajstić information content (AvgIpc) is 3.70. The molecule has 0 amide bonds. The average molecular weight is 744 g/mol. The van der Waals surface area contributed by atoms with E-state index in [9.17, 15) is 0 Å². The van der Waals surface area contributed by atoms with Crippen molar-refractivity contribution in [2.24, 2.45) is 7.05 Å². The van der Waals surface area contributed by atoms with Crippen LogP contribution in [0.15, 0.2) is 61.6 Å². The second-order valence-corrected chi connectivity index (χ2v) is 12.9. The molecule has 0 aliphatic heterocycles. The zero-order chi connectivity index (χ0) is 33.8. The molecule has 0 atom stereocenters. The van der Waals surface area contributed by atoms with Gasteiger partial charge in [-0.05, 0) is 85.3 Å². The Bertz CT molecular complexity index is 1300. The van der Waals surface area contributed by atoms with Crippen molar-refractivity contribution in [3.8, 4) is 0 Å². The lowest BCUT2D eigenvalue weighted by Crippen LogP contribution is -2.19. The molecular weight excluding hydrogens is 673 g/mol. The summed E-state index contributed by atoms with van der Waals surface area (Å²) >= 11 is 3.38. The molecular formula is C39H71N10S2+. The second-order valence-electron chi connectivity index (χ2n) is 10.1. The Hall–Kier alpha value is -4.29. The third-order valence-corrected chi connectivity index (χ3v) is 6.74. The van der Waals surface area contributed by atoms with Crippen molar-refractivity contribution in [1.29, 1.82) is 0 Å². The van der Waals surface area contributed by atoms with Gasteiger partial charge in [0.2, 0.25) is 5.01 Å². The summed E-state index contributed by atoms with van der Waals surface area (Å²) in [5, 5.41) is 8.75. The third kappa shape index (κ3) is 31.4. The Morgan fingerprint density at radius 1 is 0.490 bits per heavy atom. The van der Waals surface area contributed by atoms with Crippen LogP contribution >= 0.6 is 22.9 Å². The van der Waals surface area contributed by atoms with Crippen molar-refractivity contribution in [3.05, 3.63) is 122 Å². The number of thiazole rings is 1. The summed E-state index contributed by atoms with van der Waals surface area (Å²) < 4.78 is 1.97. The van der Waals surface area contributed by atoms with Gasteiger partial charge in [0.15, 0.2) is 0 Å². The lowest BCUT2D eigenvalue weighted by atomic mass is 10.2. The summed E-state index contributed by atoms with van der Waals surface area (Å²) in [6, 6.07) is 8.48. The SMILES string of the molecule is C.C.C.C.C.C.Cc1ccc(C)cc1.Cc1cnc(C)nc1.Cc1cnc(C)nc1.Cc1cnc(C)s1.Cc1n[nH]c(C)n1.Cc1nc[n+](C)s1. The van der Waals surface area contributed by atoms with E-state index in [2.05, 4.69) is 90.1 Å². The van der Waals surface area contributed by atoms with Crippen LogP contribution in [0, 0.1) is 76.2 Å². The highest BCUT2D eigenvalue weighted by molar-refractivity contribution is 7.11. The molecule has 6 rings (SSSR count). The van der Waals surface area contributed by atoms with Gasteiger partial charge in [-0.1, -0.05) is 80.0 Å². The molecule has 0 aliphatic carbocycles. The van der Waals surface area contributed by atoms with E-state index in [-0.39, 0.29) is 44.6 Å². The maximum absolute atomic E-state index is 4.03. The van der Waals surface area contributed by atoms with Crippen molar-refractivity contribution in [2.75, 3.05) is 0 Å². The summed E-state index contributed by atoms with van der Waals surface area (Å²) in [5.41, 5.74) is 4.87. The van der Waals surface area contributed by atoms with Gasteiger partial charge in [-0.25, -0.2) is 29.9 Å². The van der Waals surface area contributed by atoms with Crippen LogP contribution in [0.1, 0.15) is 105 Å². The lowest BCUT2D eigenvalue weighted by Gasteiger charge is -1.90. The normalized spacial score (nSPS) is 8.24. The van der Waals surface area contributed by atoms with Crippen molar-refractivity contribution in [3.63, 3.8) is 0 Å². The summed E-state index contributed by atoms with van der Waals surface area (Å²) in [4.78, 5) is 29.1. The predicted octanol–water partition coefficient (Wildman–Crippen LogP) is 10.8. The Morgan fingerprint density at radius 2 is 0.902 bits per heavy atom. The minimum atomic E-state index is 0.